The number of nitrogens with one attached hydrogen (secondary N) is 2. The molecule has 2 aliphatic rings. The second-order valence-electron chi connectivity index (χ2n) is 4.63. The maximum absolute atomic E-state index is 12.2. The van der Waals surface area contributed by atoms with Crippen LogP contribution in [0.5, 0.6) is 0 Å². The number of aliphatic hydroxyl groups excluding tert-OH is 1. The number of hydrogen-bond donors (Lipinski definition) is 3. The van der Waals surface area contributed by atoms with E-state index in [4.69, 9.17) is 5.11 Å². The zero-order valence-corrected chi connectivity index (χ0v) is 10.4. The summed E-state index contributed by atoms with van der Waals surface area (Å²) in [5.74, 6) is -0.00883. The summed E-state index contributed by atoms with van der Waals surface area (Å²) in [6.07, 6.45) is 0. The van der Waals surface area contributed by atoms with Crippen LogP contribution in [-0.4, -0.2) is 85.2 Å². The van der Waals surface area contributed by atoms with Crippen molar-refractivity contribution in [1.29, 1.82) is 0 Å². The highest BCUT2D eigenvalue weighted by molar-refractivity contribution is 5.86. The lowest BCUT2D eigenvalue weighted by atomic mass is 10.2. The number of rotatable bonds is 3. The van der Waals surface area contributed by atoms with Crippen LogP contribution in [0, 0.1) is 0 Å². The highest BCUT2D eigenvalue weighted by Crippen LogP contribution is 2.04. The molecule has 102 valence electrons. The molecule has 0 spiro atoms. The summed E-state index contributed by atoms with van der Waals surface area (Å²) in [5.41, 5.74) is 0. The molecule has 7 nitrogen and oxygen atoms in total. The van der Waals surface area contributed by atoms with Gasteiger partial charge in [-0.2, -0.15) is 0 Å². The topological polar surface area (TPSA) is 84.9 Å². The van der Waals surface area contributed by atoms with E-state index in [-0.39, 0.29) is 31.0 Å². The van der Waals surface area contributed by atoms with Crippen molar-refractivity contribution >= 4 is 11.8 Å². The molecule has 0 radical (unpaired) electrons. The molecular formula is C11H20N4O3. The smallest absolute Gasteiger partial charge is 0.241 e. The van der Waals surface area contributed by atoms with Crippen molar-refractivity contribution in [1.82, 2.24) is 20.4 Å². The molecule has 1 atom stereocenters. The van der Waals surface area contributed by atoms with Gasteiger partial charge in [-0.15, -0.1) is 0 Å². The average Bonchev–Trinajstić information content (AvgIpc) is 2.40. The summed E-state index contributed by atoms with van der Waals surface area (Å²) in [7, 11) is 0. The van der Waals surface area contributed by atoms with E-state index in [2.05, 4.69) is 15.5 Å². The Hall–Kier alpha value is -1.18. The van der Waals surface area contributed by atoms with Crippen LogP contribution in [0.2, 0.25) is 0 Å². The van der Waals surface area contributed by atoms with Gasteiger partial charge in [-0.05, 0) is 0 Å². The number of aliphatic hydroxyl groups is 1. The zero-order chi connectivity index (χ0) is 13.0. The predicted molar refractivity (Wildman–Crippen MR) is 64.9 cm³/mol. The third-order valence-corrected chi connectivity index (χ3v) is 3.41. The Balaban J connectivity index is 1.78. The van der Waals surface area contributed by atoms with Crippen LogP contribution in [0.1, 0.15) is 0 Å². The fraction of sp³-hybridized carbons (Fsp3) is 0.818. The summed E-state index contributed by atoms with van der Waals surface area (Å²) in [6, 6.07) is -0.299. The van der Waals surface area contributed by atoms with Gasteiger partial charge < -0.3 is 15.3 Å². The van der Waals surface area contributed by atoms with Crippen LogP contribution in [0.3, 0.4) is 0 Å². The standard InChI is InChI=1S/C11H20N4O3/c16-6-5-14-1-3-15(4-2-14)11(18)9-7-13-10(17)8-12-9/h9,12,16H,1-8H2,(H,13,17). The van der Waals surface area contributed by atoms with Crippen LogP contribution in [0.4, 0.5) is 0 Å². The Labute approximate surface area is 106 Å². The number of piperazine rings is 2. The Morgan fingerprint density at radius 2 is 2.06 bits per heavy atom. The van der Waals surface area contributed by atoms with E-state index in [1.165, 1.54) is 0 Å². The fourth-order valence-corrected chi connectivity index (χ4v) is 2.29. The summed E-state index contributed by atoms with van der Waals surface area (Å²) in [5, 5.41) is 14.5. The van der Waals surface area contributed by atoms with Crippen molar-refractivity contribution in [3.05, 3.63) is 0 Å². The SMILES string of the molecule is O=C1CNC(C(=O)N2CCN(CCO)CC2)CN1. The number of amides is 2. The van der Waals surface area contributed by atoms with Gasteiger partial charge in [0.1, 0.15) is 6.04 Å². The molecule has 3 N–H and O–H groups in total. The molecule has 2 heterocycles. The molecule has 0 aromatic heterocycles. The van der Waals surface area contributed by atoms with Crippen LogP contribution in [0.15, 0.2) is 0 Å². The van der Waals surface area contributed by atoms with Crippen molar-refractivity contribution in [3.63, 3.8) is 0 Å². The van der Waals surface area contributed by atoms with Crippen LogP contribution >= 0.6 is 0 Å². The molecule has 0 bridgehead atoms. The van der Waals surface area contributed by atoms with Crippen molar-refractivity contribution in [3.8, 4) is 0 Å². The second-order valence-corrected chi connectivity index (χ2v) is 4.63. The van der Waals surface area contributed by atoms with E-state index in [1.807, 2.05) is 4.90 Å². The molecule has 2 aliphatic heterocycles. The van der Waals surface area contributed by atoms with Crippen LogP contribution in [-0.2, 0) is 9.59 Å². The van der Waals surface area contributed by atoms with Gasteiger partial charge in [0.2, 0.25) is 11.8 Å². The van der Waals surface area contributed by atoms with E-state index in [1.54, 1.807) is 0 Å². The quantitative estimate of drug-likeness (QED) is 0.508. The third kappa shape index (κ3) is 3.18. The molecule has 0 aromatic carbocycles. The summed E-state index contributed by atoms with van der Waals surface area (Å²) >= 11 is 0. The van der Waals surface area contributed by atoms with Crippen molar-refractivity contribution in [2.45, 2.75) is 6.04 Å². The summed E-state index contributed by atoms with van der Waals surface area (Å²) < 4.78 is 0. The highest BCUT2D eigenvalue weighted by Gasteiger charge is 2.29. The van der Waals surface area contributed by atoms with Crippen LogP contribution in [0.25, 0.3) is 0 Å². The Bertz CT molecular complexity index is 305. The number of hydrogen-bond acceptors (Lipinski definition) is 5. The second kappa shape index (κ2) is 6.12. The number of β-amino-alcohol motifs (C(OH)–C–C–N with tert-alkyl or cyclic N) is 1. The van der Waals surface area contributed by atoms with Gasteiger partial charge in [-0.3, -0.25) is 19.8 Å². The molecule has 2 saturated heterocycles. The van der Waals surface area contributed by atoms with Gasteiger partial charge in [-0.1, -0.05) is 0 Å². The minimum Gasteiger partial charge on any atom is -0.395 e. The lowest BCUT2D eigenvalue weighted by molar-refractivity contribution is -0.136. The minimum atomic E-state index is -0.299. The Kier molecular flexibility index (Phi) is 4.51. The molecular weight excluding hydrogens is 236 g/mol. The van der Waals surface area contributed by atoms with E-state index in [0.717, 1.165) is 13.1 Å². The molecule has 18 heavy (non-hydrogen) atoms. The first-order valence-corrected chi connectivity index (χ1v) is 6.33. The molecule has 0 aliphatic carbocycles. The normalized spacial score (nSPS) is 25.9. The monoisotopic (exact) mass is 256 g/mol. The number of carbonyl (C=O) groups is 2. The fourth-order valence-electron chi connectivity index (χ4n) is 2.29. The van der Waals surface area contributed by atoms with Crippen molar-refractivity contribution < 1.29 is 14.7 Å². The van der Waals surface area contributed by atoms with Crippen molar-refractivity contribution in [2.24, 2.45) is 0 Å². The van der Waals surface area contributed by atoms with Gasteiger partial charge in [0.05, 0.1) is 13.2 Å². The minimum absolute atomic E-state index is 0.0543. The Morgan fingerprint density at radius 3 is 2.61 bits per heavy atom. The largest absolute Gasteiger partial charge is 0.395 e. The molecule has 2 rings (SSSR count). The van der Waals surface area contributed by atoms with Gasteiger partial charge in [0, 0.05) is 39.3 Å². The lowest BCUT2D eigenvalue weighted by Gasteiger charge is -2.37. The first-order chi connectivity index (χ1) is 8.70. The van der Waals surface area contributed by atoms with Crippen molar-refractivity contribution in [2.75, 3.05) is 52.4 Å². The first kappa shape index (κ1) is 13.3. The molecule has 1 unspecified atom stereocenters. The maximum atomic E-state index is 12.2. The average molecular weight is 256 g/mol. The molecule has 2 amide bonds. The van der Waals surface area contributed by atoms with Crippen LogP contribution < -0.4 is 10.6 Å². The van der Waals surface area contributed by atoms with E-state index < -0.39 is 0 Å². The molecule has 0 saturated carbocycles. The van der Waals surface area contributed by atoms with E-state index in [9.17, 15) is 9.59 Å². The number of carbonyl (C=O) groups excluding carboxylic acids is 2. The third-order valence-electron chi connectivity index (χ3n) is 3.41. The maximum Gasteiger partial charge on any atom is 0.241 e. The molecule has 2 fully saturated rings. The first-order valence-electron chi connectivity index (χ1n) is 6.33. The predicted octanol–water partition coefficient (Wildman–Crippen LogP) is -2.79. The molecule has 0 aromatic rings. The van der Waals surface area contributed by atoms with E-state index in [0.29, 0.717) is 26.2 Å². The van der Waals surface area contributed by atoms with Gasteiger partial charge >= 0.3 is 0 Å². The highest BCUT2D eigenvalue weighted by atomic mass is 16.3. The zero-order valence-electron chi connectivity index (χ0n) is 10.4. The van der Waals surface area contributed by atoms with Gasteiger partial charge in [0.25, 0.3) is 0 Å². The van der Waals surface area contributed by atoms with Gasteiger partial charge in [0.15, 0.2) is 0 Å². The Morgan fingerprint density at radius 1 is 1.33 bits per heavy atom. The van der Waals surface area contributed by atoms with E-state index >= 15 is 0 Å². The van der Waals surface area contributed by atoms with Gasteiger partial charge in [-0.25, -0.2) is 0 Å². The lowest BCUT2D eigenvalue weighted by Crippen LogP contribution is -2.61. The number of nitrogens with zero attached hydrogens (tertiary/aromatic N) is 2. The molecule has 7 heteroatoms. The summed E-state index contributed by atoms with van der Waals surface area (Å²) in [6.45, 7) is 4.37. The summed E-state index contributed by atoms with van der Waals surface area (Å²) in [4.78, 5) is 27.1.